The molecule has 0 N–H and O–H groups in total. The van der Waals surface area contributed by atoms with Crippen LogP contribution in [-0.2, 0) is 51.2 Å². The molecule has 0 aromatic carbocycles. The Balaban J connectivity index is 0. The van der Waals surface area contributed by atoms with Gasteiger partial charge in [-0.2, -0.15) is 0 Å². The minimum absolute atomic E-state index is 0. The van der Waals surface area contributed by atoms with Gasteiger partial charge in [0.1, 0.15) is 0 Å². The fourth-order valence-corrected chi connectivity index (χ4v) is 0. The fraction of sp³-hybridized carbons (Fsp3) is 0. The third-order valence-electron chi connectivity index (χ3n) is 0. The summed E-state index contributed by atoms with van der Waals surface area (Å²) < 4.78 is 0. The van der Waals surface area contributed by atoms with Crippen LogP contribution in [-0.4, -0.2) is 0 Å². The van der Waals surface area contributed by atoms with Gasteiger partial charge in [-0.1, -0.05) is 0 Å². The third-order valence-corrected chi connectivity index (χ3v) is 0. The van der Waals surface area contributed by atoms with Gasteiger partial charge in [0.25, 0.3) is 0 Å². The summed E-state index contributed by atoms with van der Waals surface area (Å²) in [5, 5.41) is 0. The van der Waals surface area contributed by atoms with Crippen molar-refractivity contribution in [2.75, 3.05) is 0 Å². The van der Waals surface area contributed by atoms with Crippen LogP contribution in [0.3, 0.4) is 0 Å². The molecule has 0 atom stereocenters. The van der Waals surface area contributed by atoms with Gasteiger partial charge in [0.15, 0.2) is 0 Å². The molecule has 10 heavy (non-hydrogen) atoms. The Hall–Kier alpha value is 10.8. The summed E-state index contributed by atoms with van der Waals surface area (Å²) in [4.78, 5) is 0. The van der Waals surface area contributed by atoms with Crippen LogP contribution >= 0.6 is 0 Å². The average molecular weight is 1790 g/mol. The fourth-order valence-electron chi connectivity index (χ4n) is 0. The first-order valence-electron chi connectivity index (χ1n) is 0. The number of rotatable bonds is 0. The van der Waals surface area contributed by atoms with Crippen molar-refractivity contribution in [1.82, 2.24) is 0 Å². The molecule has 0 saturated carbocycles. The van der Waals surface area contributed by atoms with Crippen molar-refractivity contribution < 1.29 is 331 Å². The maximum atomic E-state index is 0. The first-order valence-corrected chi connectivity index (χ1v) is 0. The van der Waals surface area contributed by atoms with Crippen molar-refractivity contribution in [1.29, 1.82) is 0 Å². The predicted molar refractivity (Wildman–Crippen MR) is 0 cm³/mol. The molecule has 0 amide bonds. The maximum Gasteiger partial charge on any atom is 0 e. The Bertz CT molecular complexity index is 8.81. The zero-order valence-corrected chi connectivity index (χ0v) is 36.6. The molecule has 0 radical (unpaired) electrons. The van der Waals surface area contributed by atoms with Crippen LogP contribution in [0.5, 0.6) is 0 Å². The van der Waals surface area contributed by atoms with Crippen LogP contribution in [0.15, 0.2) is 0 Å². The smallest absolute Gasteiger partial charge is 0 e. The molecule has 0 aromatic rings. The van der Waals surface area contributed by atoms with E-state index in [4.69, 9.17) is 0 Å². The predicted octanol–water partition coefficient (Wildman–Crippen LogP) is -0.00750. The van der Waals surface area contributed by atoms with Gasteiger partial charge in [0.2, 0.25) is 0 Å². The second-order valence-electron chi connectivity index (χ2n) is 0. The molecule has 52 valence electrons. The quantitative estimate of drug-likeness (QED) is 0.300. The normalized spacial score (nSPS) is 0. The van der Waals surface area contributed by atoms with E-state index >= 15 is 0 Å². The van der Waals surface area contributed by atoms with E-state index in [0.29, 0.717) is 0 Å². The Morgan fingerprint density at radius 1 is 0.200 bits per heavy atom. The van der Waals surface area contributed by atoms with Gasteiger partial charge in [-0.15, -0.1) is 0 Å². The van der Waals surface area contributed by atoms with Crippen molar-refractivity contribution >= 4 is 0 Å². The molecular weight excluding hydrogens is 1790 g/mol. The topological polar surface area (TPSA) is 0 Å². The molecule has 0 rings (SSSR count). The largest absolute Gasteiger partial charge is 0 e. The van der Waals surface area contributed by atoms with Gasteiger partial charge in [-0.25, -0.2) is 0 Å². The second kappa shape index (κ2) is 59.9. The van der Waals surface area contributed by atoms with Crippen molar-refractivity contribution in [3.05, 3.63) is 0 Å². The first kappa shape index (κ1) is 69.8. The molecule has 0 bridgehead atoms. The van der Waals surface area contributed by atoms with Crippen molar-refractivity contribution in [2.45, 2.75) is 0 Å². The zero-order valence-electron chi connectivity index (χ0n) is 4.56. The van der Waals surface area contributed by atoms with Crippen molar-refractivity contribution in [3.63, 3.8) is 0 Å². The number of hydrogen-bond acceptors (Lipinski definition) is 0. The molecule has 0 spiro atoms. The molecule has 0 heterocycles. The van der Waals surface area contributed by atoms with Gasteiger partial charge >= 0.3 is 0 Å². The summed E-state index contributed by atoms with van der Waals surface area (Å²) in [6.45, 7) is 0. The van der Waals surface area contributed by atoms with Gasteiger partial charge in [0, 0.05) is 331 Å². The summed E-state index contributed by atoms with van der Waals surface area (Å²) >= 11 is 0. The van der Waals surface area contributed by atoms with E-state index in [9.17, 15) is 0 Å². The SMILES string of the molecule is [Fe].[Fe].[Fe].[Th].[Th].[Th].[Th].[Th].[Th].[Th]. The molecule has 0 unspecified atom stereocenters. The van der Waals surface area contributed by atoms with Gasteiger partial charge in [-0.05, 0) is 0 Å². The molecule has 0 saturated heterocycles. The molecule has 0 aromatic heterocycles. The van der Waals surface area contributed by atoms with E-state index in [0.717, 1.165) is 0 Å². The van der Waals surface area contributed by atoms with Crippen molar-refractivity contribution in [2.24, 2.45) is 0 Å². The van der Waals surface area contributed by atoms with Gasteiger partial charge in [-0.3, -0.25) is 0 Å². The summed E-state index contributed by atoms with van der Waals surface area (Å²) in [6.07, 6.45) is 0. The van der Waals surface area contributed by atoms with E-state index in [2.05, 4.69) is 0 Å². The summed E-state index contributed by atoms with van der Waals surface area (Å²) in [5.41, 5.74) is 0. The van der Waals surface area contributed by atoms with E-state index < -0.39 is 0 Å². The van der Waals surface area contributed by atoms with Gasteiger partial charge < -0.3 is 0 Å². The molecule has 0 nitrogen and oxygen atoms in total. The molecule has 0 fully saturated rings. The third kappa shape index (κ3) is 51.0. The Morgan fingerprint density at radius 2 is 0.200 bits per heavy atom. The summed E-state index contributed by atoms with van der Waals surface area (Å²) in [7, 11) is 0. The van der Waals surface area contributed by atoms with Gasteiger partial charge in [0.05, 0.1) is 0 Å². The molecule has 0 aliphatic carbocycles. The molecule has 0 aliphatic heterocycles. The first-order chi connectivity index (χ1) is 0. The van der Waals surface area contributed by atoms with E-state index in [1.54, 1.807) is 0 Å². The number of hydrogen-bond donors (Lipinski definition) is 0. The van der Waals surface area contributed by atoms with Crippen LogP contribution in [0.2, 0.25) is 0 Å². The summed E-state index contributed by atoms with van der Waals surface area (Å²) in [6, 6.07) is 0. The molecular formula is Fe3Th7. The van der Waals surface area contributed by atoms with Crippen LogP contribution in [0.1, 0.15) is 0 Å². The maximum absolute atomic E-state index is 0. The van der Waals surface area contributed by atoms with Crippen LogP contribution in [0.4, 0.5) is 0 Å². The summed E-state index contributed by atoms with van der Waals surface area (Å²) in [5.74, 6) is 0. The van der Waals surface area contributed by atoms with E-state index in [-0.39, 0.29) is 331 Å². The standard InChI is InChI=1S/3Fe.7Th. The Kier molecular flexibility index (Phi) is 419. The molecule has 10 heteroatoms. The van der Waals surface area contributed by atoms with Crippen LogP contribution in [0, 0.1) is 280 Å². The second-order valence-corrected chi connectivity index (χ2v) is 0. The van der Waals surface area contributed by atoms with Crippen LogP contribution in [0.25, 0.3) is 0 Å². The monoisotopic (exact) mass is 1790 g/mol. The minimum Gasteiger partial charge on any atom is 0 e. The Morgan fingerprint density at radius 3 is 0.200 bits per heavy atom. The van der Waals surface area contributed by atoms with Crippen LogP contribution < -0.4 is 0 Å². The zero-order chi connectivity index (χ0) is 0. The van der Waals surface area contributed by atoms with E-state index in [1.165, 1.54) is 0 Å². The Labute approximate surface area is 318 Å². The average Bonchev–Trinajstić information content (AvgIpc) is 0. The van der Waals surface area contributed by atoms with E-state index in [1.807, 2.05) is 0 Å². The van der Waals surface area contributed by atoms with Crippen molar-refractivity contribution in [3.8, 4) is 0 Å². The molecule has 0 aliphatic rings. The minimum atomic E-state index is 0.